The van der Waals surface area contributed by atoms with Gasteiger partial charge in [0.2, 0.25) is 0 Å². The molecule has 0 fully saturated rings. The maximum Gasteiger partial charge on any atom is 0.260 e. The van der Waals surface area contributed by atoms with Gasteiger partial charge in [-0.15, -0.1) is 22.7 Å². The van der Waals surface area contributed by atoms with Crippen LogP contribution in [0.2, 0.25) is 0 Å². The van der Waals surface area contributed by atoms with E-state index in [1.165, 1.54) is 11.3 Å². The number of fused-ring (bicyclic) bond motifs is 1. The van der Waals surface area contributed by atoms with Crippen molar-refractivity contribution in [2.24, 2.45) is 0 Å². The molecule has 8 heteroatoms. The molecule has 4 aromatic rings. The number of furan rings is 1. The Morgan fingerprint density at radius 2 is 2.22 bits per heavy atom. The average molecular weight is 361 g/mol. The molecular weight excluding hydrogens is 350 g/mol. The Morgan fingerprint density at radius 1 is 1.30 bits per heavy atom. The van der Waals surface area contributed by atoms with Crippen LogP contribution in [0.5, 0.6) is 0 Å². The Balaban J connectivity index is 1.67. The van der Waals surface area contributed by atoms with Crippen molar-refractivity contribution in [3.8, 4) is 11.3 Å². The number of thiazole rings is 1. The van der Waals surface area contributed by atoms with Crippen molar-refractivity contribution in [2.45, 2.75) is 17.0 Å². The Morgan fingerprint density at radius 3 is 2.96 bits per heavy atom. The summed E-state index contributed by atoms with van der Waals surface area (Å²) >= 11 is 4.63. The fourth-order valence-corrected chi connectivity index (χ4v) is 4.87. The first-order chi connectivity index (χ1) is 11.2. The number of hydrogen-bond donors (Lipinski definition) is 1. The third kappa shape index (κ3) is 2.85. The number of thiophene rings is 1. The average Bonchev–Trinajstić information content (AvgIpc) is 3.24. The van der Waals surface area contributed by atoms with Gasteiger partial charge in [0.15, 0.2) is 4.34 Å². The molecule has 0 unspecified atom stereocenters. The molecule has 0 aliphatic carbocycles. The number of rotatable bonds is 4. The van der Waals surface area contributed by atoms with Crippen LogP contribution in [0.15, 0.2) is 42.7 Å². The van der Waals surface area contributed by atoms with Gasteiger partial charge < -0.3 is 9.40 Å². The van der Waals surface area contributed by atoms with E-state index in [1.807, 2.05) is 29.8 Å². The van der Waals surface area contributed by atoms with Crippen LogP contribution in [0.1, 0.15) is 11.5 Å². The van der Waals surface area contributed by atoms with E-state index < -0.39 is 0 Å². The third-order valence-electron chi connectivity index (χ3n) is 3.21. The Hall–Kier alpha value is -1.90. The predicted octanol–water partition coefficient (Wildman–Crippen LogP) is 4.30. The van der Waals surface area contributed by atoms with E-state index in [-0.39, 0.29) is 5.56 Å². The summed E-state index contributed by atoms with van der Waals surface area (Å²) in [6.45, 7) is 1.97. The highest BCUT2D eigenvalue weighted by Gasteiger charge is 2.14. The highest BCUT2D eigenvalue weighted by Crippen LogP contribution is 2.31. The van der Waals surface area contributed by atoms with Crippen LogP contribution >= 0.6 is 34.4 Å². The lowest BCUT2D eigenvalue weighted by molar-refractivity contribution is 0.583. The van der Waals surface area contributed by atoms with E-state index in [0.717, 1.165) is 20.4 Å². The van der Waals surface area contributed by atoms with Gasteiger partial charge in [-0.05, 0) is 19.1 Å². The Bertz CT molecular complexity index is 1010. The minimum atomic E-state index is -0.131. The zero-order valence-corrected chi connectivity index (χ0v) is 14.5. The van der Waals surface area contributed by atoms with Crippen LogP contribution < -0.4 is 5.56 Å². The molecule has 0 amide bonds. The number of aromatic nitrogens is 3. The summed E-state index contributed by atoms with van der Waals surface area (Å²) in [5.41, 5.74) is 1.67. The quantitative estimate of drug-likeness (QED) is 0.549. The van der Waals surface area contributed by atoms with E-state index in [2.05, 4.69) is 15.0 Å². The van der Waals surface area contributed by atoms with Crippen molar-refractivity contribution >= 4 is 44.7 Å². The first-order valence-electron chi connectivity index (χ1n) is 6.80. The molecule has 5 nitrogen and oxygen atoms in total. The zero-order chi connectivity index (χ0) is 15.8. The van der Waals surface area contributed by atoms with Gasteiger partial charge >= 0.3 is 0 Å². The SMILES string of the molecule is Cc1csc(SCc2nc3scc(-c4ccco4)c3c(=O)[nH]2)n1. The summed E-state index contributed by atoms with van der Waals surface area (Å²) in [6.07, 6.45) is 1.60. The second-order valence-electron chi connectivity index (χ2n) is 4.86. The van der Waals surface area contributed by atoms with Gasteiger partial charge in [-0.3, -0.25) is 4.79 Å². The second-order valence-corrected chi connectivity index (χ2v) is 7.80. The van der Waals surface area contributed by atoms with Gasteiger partial charge in [0.05, 0.1) is 17.4 Å². The number of aromatic amines is 1. The van der Waals surface area contributed by atoms with Crippen LogP contribution in [-0.2, 0) is 5.75 Å². The molecule has 0 aromatic carbocycles. The van der Waals surface area contributed by atoms with Gasteiger partial charge in [-0.25, -0.2) is 9.97 Å². The van der Waals surface area contributed by atoms with Crippen molar-refractivity contribution in [2.75, 3.05) is 0 Å². The standard InChI is InChI=1S/C15H11N3O2S3/c1-8-5-22-15(16-8)23-7-11-17-13(19)12-9(6-21-14(12)18-11)10-3-2-4-20-10/h2-6H,7H2,1H3,(H,17,18,19). The molecule has 1 N–H and O–H groups in total. The number of H-pyrrole nitrogens is 1. The van der Waals surface area contributed by atoms with Gasteiger partial charge in [0, 0.05) is 22.0 Å². The van der Waals surface area contributed by atoms with Gasteiger partial charge in [-0.1, -0.05) is 11.8 Å². The summed E-state index contributed by atoms with van der Waals surface area (Å²) in [6, 6.07) is 3.65. The molecule has 116 valence electrons. The van der Waals surface area contributed by atoms with Crippen molar-refractivity contribution in [3.63, 3.8) is 0 Å². The highest BCUT2D eigenvalue weighted by atomic mass is 32.2. The van der Waals surface area contributed by atoms with Crippen LogP contribution in [0, 0.1) is 6.92 Å². The van der Waals surface area contributed by atoms with Crippen LogP contribution in [0.25, 0.3) is 21.5 Å². The first-order valence-corrected chi connectivity index (χ1v) is 9.54. The maximum absolute atomic E-state index is 12.4. The summed E-state index contributed by atoms with van der Waals surface area (Å²) < 4.78 is 6.37. The van der Waals surface area contributed by atoms with Crippen LogP contribution in [-0.4, -0.2) is 15.0 Å². The van der Waals surface area contributed by atoms with Crippen LogP contribution in [0.4, 0.5) is 0 Å². The molecule has 0 saturated carbocycles. The lowest BCUT2D eigenvalue weighted by Gasteiger charge is -2.00. The maximum atomic E-state index is 12.4. The normalized spacial score (nSPS) is 11.3. The van der Waals surface area contributed by atoms with Crippen molar-refractivity contribution < 1.29 is 4.42 Å². The number of aryl methyl sites for hydroxylation is 1. The summed E-state index contributed by atoms with van der Waals surface area (Å²) in [5.74, 6) is 1.93. The fourth-order valence-electron chi connectivity index (χ4n) is 2.20. The first kappa shape index (κ1) is 14.7. The van der Waals surface area contributed by atoms with Crippen molar-refractivity contribution in [1.29, 1.82) is 0 Å². The number of nitrogens with one attached hydrogen (secondary N) is 1. The number of nitrogens with zero attached hydrogens (tertiary/aromatic N) is 2. The van der Waals surface area contributed by atoms with E-state index in [4.69, 9.17) is 4.42 Å². The van der Waals surface area contributed by atoms with Gasteiger partial charge in [0.1, 0.15) is 16.4 Å². The number of thioether (sulfide) groups is 1. The van der Waals surface area contributed by atoms with Gasteiger partial charge in [0.25, 0.3) is 5.56 Å². The molecule has 0 radical (unpaired) electrons. The molecule has 4 heterocycles. The minimum absolute atomic E-state index is 0.131. The van der Waals surface area contributed by atoms with Crippen LogP contribution in [0.3, 0.4) is 0 Å². The molecule has 0 spiro atoms. The van der Waals surface area contributed by atoms with E-state index in [9.17, 15) is 4.79 Å². The number of hydrogen-bond acceptors (Lipinski definition) is 7. The molecule has 4 aromatic heterocycles. The molecule has 0 atom stereocenters. The minimum Gasteiger partial charge on any atom is -0.464 e. The van der Waals surface area contributed by atoms with E-state index in [1.54, 1.807) is 29.4 Å². The molecule has 4 rings (SSSR count). The third-order valence-corrected chi connectivity index (χ3v) is 6.23. The lowest BCUT2D eigenvalue weighted by atomic mass is 10.2. The largest absolute Gasteiger partial charge is 0.464 e. The molecular formula is C15H11N3O2S3. The molecule has 23 heavy (non-hydrogen) atoms. The van der Waals surface area contributed by atoms with Crippen molar-refractivity contribution in [3.05, 3.63) is 51.0 Å². The highest BCUT2D eigenvalue weighted by molar-refractivity contribution is 8.00. The fraction of sp³-hybridized carbons (Fsp3) is 0.133. The molecule has 0 aliphatic rings. The van der Waals surface area contributed by atoms with E-state index in [0.29, 0.717) is 22.7 Å². The molecule has 0 aliphatic heterocycles. The Kier molecular flexibility index (Phi) is 3.80. The Labute approximate surface area is 143 Å². The summed E-state index contributed by atoms with van der Waals surface area (Å²) in [5, 5.41) is 4.51. The van der Waals surface area contributed by atoms with Crippen molar-refractivity contribution in [1.82, 2.24) is 15.0 Å². The lowest BCUT2D eigenvalue weighted by Crippen LogP contribution is -2.10. The summed E-state index contributed by atoms with van der Waals surface area (Å²) in [4.78, 5) is 25.0. The van der Waals surface area contributed by atoms with E-state index >= 15 is 0 Å². The monoisotopic (exact) mass is 361 g/mol. The predicted molar refractivity (Wildman–Crippen MR) is 94.4 cm³/mol. The topological polar surface area (TPSA) is 71.8 Å². The smallest absolute Gasteiger partial charge is 0.260 e. The molecule has 0 saturated heterocycles. The molecule has 0 bridgehead atoms. The zero-order valence-electron chi connectivity index (χ0n) is 12.0. The summed E-state index contributed by atoms with van der Waals surface area (Å²) in [7, 11) is 0. The second kappa shape index (κ2) is 5.95. The van der Waals surface area contributed by atoms with Gasteiger partial charge in [-0.2, -0.15) is 0 Å².